The average molecular weight is 438 g/mol. The molecule has 3 heterocycles. The zero-order chi connectivity index (χ0) is 22.7. The number of nitrogens with two attached hydrogens (primary N) is 1. The van der Waals surface area contributed by atoms with Gasteiger partial charge in [-0.3, -0.25) is 9.78 Å². The molecule has 1 saturated heterocycles. The van der Waals surface area contributed by atoms with E-state index in [1.807, 2.05) is 23.1 Å². The standard InChI is InChI=1S/C24H31N5O3/c1-4-18-13-19(7-9-26-18)32-21-14-20(25)24(27-23(21)17-5-6-17)28-10-11-29(16(2)15-28)22(30)8-12-31-3/h4,7,9,13-14,16-17H,1,5-6,8,10-12,15,25H2,2-3H3/t16-/m1/s1. The SMILES string of the molecule is C=Cc1cc(Oc2cc(N)c(N3CCN(C(=O)CCOC)[C@H](C)C3)nc2C2CC2)ccn1. The quantitative estimate of drug-likeness (QED) is 0.676. The third-order valence-corrected chi connectivity index (χ3v) is 5.94. The van der Waals surface area contributed by atoms with Crippen molar-refractivity contribution in [3.05, 3.63) is 42.4 Å². The number of hydrogen-bond acceptors (Lipinski definition) is 7. The molecule has 0 unspecified atom stereocenters. The monoisotopic (exact) mass is 437 g/mol. The zero-order valence-corrected chi connectivity index (χ0v) is 18.8. The second-order valence-electron chi connectivity index (χ2n) is 8.41. The van der Waals surface area contributed by atoms with Gasteiger partial charge in [-0.15, -0.1) is 0 Å². The highest BCUT2D eigenvalue weighted by atomic mass is 16.5. The highest BCUT2D eigenvalue weighted by molar-refractivity contribution is 5.77. The van der Waals surface area contributed by atoms with Crippen LogP contribution in [0, 0.1) is 0 Å². The molecule has 0 bridgehead atoms. The van der Waals surface area contributed by atoms with Gasteiger partial charge in [0.25, 0.3) is 0 Å². The summed E-state index contributed by atoms with van der Waals surface area (Å²) in [7, 11) is 1.61. The summed E-state index contributed by atoms with van der Waals surface area (Å²) in [5, 5.41) is 0. The summed E-state index contributed by atoms with van der Waals surface area (Å²) in [6, 6.07) is 5.61. The Hall–Kier alpha value is -3.13. The van der Waals surface area contributed by atoms with E-state index < -0.39 is 0 Å². The molecule has 1 aliphatic carbocycles. The van der Waals surface area contributed by atoms with Gasteiger partial charge in [-0.05, 0) is 31.9 Å². The lowest BCUT2D eigenvalue weighted by atomic mass is 10.1. The molecule has 8 heteroatoms. The second-order valence-corrected chi connectivity index (χ2v) is 8.41. The van der Waals surface area contributed by atoms with Gasteiger partial charge < -0.3 is 25.0 Å². The number of nitrogen functional groups attached to an aromatic ring is 1. The smallest absolute Gasteiger partial charge is 0.225 e. The van der Waals surface area contributed by atoms with Crippen LogP contribution in [0.4, 0.5) is 11.5 Å². The number of ether oxygens (including phenoxy) is 2. The molecule has 0 radical (unpaired) electrons. The Morgan fingerprint density at radius 1 is 1.34 bits per heavy atom. The lowest BCUT2D eigenvalue weighted by Gasteiger charge is -2.41. The molecule has 0 spiro atoms. The number of hydrogen-bond donors (Lipinski definition) is 1. The van der Waals surface area contributed by atoms with Crippen molar-refractivity contribution in [1.82, 2.24) is 14.9 Å². The Bertz CT molecular complexity index is 992. The number of carbonyl (C=O) groups is 1. The molecule has 1 aliphatic heterocycles. The highest BCUT2D eigenvalue weighted by Gasteiger charge is 2.33. The molecule has 2 aliphatic rings. The first-order valence-corrected chi connectivity index (χ1v) is 11.1. The fourth-order valence-corrected chi connectivity index (χ4v) is 4.08. The van der Waals surface area contributed by atoms with Crippen LogP contribution >= 0.6 is 0 Å². The fourth-order valence-electron chi connectivity index (χ4n) is 4.08. The van der Waals surface area contributed by atoms with E-state index in [1.54, 1.807) is 19.4 Å². The van der Waals surface area contributed by atoms with Crippen LogP contribution in [0.2, 0.25) is 0 Å². The van der Waals surface area contributed by atoms with Gasteiger partial charge in [0.15, 0.2) is 11.6 Å². The minimum Gasteiger partial charge on any atom is -0.455 e. The van der Waals surface area contributed by atoms with Gasteiger partial charge in [-0.1, -0.05) is 6.58 Å². The van der Waals surface area contributed by atoms with Gasteiger partial charge in [0.05, 0.1) is 30.1 Å². The van der Waals surface area contributed by atoms with E-state index >= 15 is 0 Å². The van der Waals surface area contributed by atoms with Crippen LogP contribution in [0.25, 0.3) is 6.08 Å². The van der Waals surface area contributed by atoms with Gasteiger partial charge in [0.2, 0.25) is 5.91 Å². The second kappa shape index (κ2) is 9.56. The van der Waals surface area contributed by atoms with Crippen molar-refractivity contribution in [1.29, 1.82) is 0 Å². The van der Waals surface area contributed by atoms with E-state index in [1.165, 1.54) is 0 Å². The van der Waals surface area contributed by atoms with E-state index in [9.17, 15) is 4.79 Å². The molecule has 2 N–H and O–H groups in total. The molecule has 1 saturated carbocycles. The third-order valence-electron chi connectivity index (χ3n) is 5.94. The maximum Gasteiger partial charge on any atom is 0.225 e. The minimum atomic E-state index is 0.0729. The van der Waals surface area contributed by atoms with Gasteiger partial charge >= 0.3 is 0 Å². The number of carbonyl (C=O) groups excluding carboxylic acids is 1. The summed E-state index contributed by atoms with van der Waals surface area (Å²) in [5.74, 6) is 2.66. The molecule has 0 aromatic carbocycles. The average Bonchev–Trinajstić information content (AvgIpc) is 3.63. The van der Waals surface area contributed by atoms with Crippen molar-refractivity contribution in [3.63, 3.8) is 0 Å². The predicted octanol–water partition coefficient (Wildman–Crippen LogP) is 3.45. The first-order chi connectivity index (χ1) is 15.5. The lowest BCUT2D eigenvalue weighted by Crippen LogP contribution is -2.54. The normalized spacial score (nSPS) is 18.5. The summed E-state index contributed by atoms with van der Waals surface area (Å²) in [5.41, 5.74) is 8.72. The number of amides is 1. The largest absolute Gasteiger partial charge is 0.455 e. The van der Waals surface area contributed by atoms with Crippen LogP contribution in [0.3, 0.4) is 0 Å². The van der Waals surface area contributed by atoms with E-state index in [0.29, 0.717) is 55.8 Å². The fraction of sp³-hybridized carbons (Fsp3) is 0.458. The van der Waals surface area contributed by atoms with Crippen LogP contribution in [0.5, 0.6) is 11.5 Å². The maximum atomic E-state index is 12.5. The molecule has 4 rings (SSSR count). The number of aromatic nitrogens is 2. The van der Waals surface area contributed by atoms with E-state index in [0.717, 1.165) is 30.0 Å². The Kier molecular flexibility index (Phi) is 6.60. The molecule has 170 valence electrons. The molecular weight excluding hydrogens is 406 g/mol. The Morgan fingerprint density at radius 2 is 2.16 bits per heavy atom. The Morgan fingerprint density at radius 3 is 2.84 bits per heavy atom. The summed E-state index contributed by atoms with van der Waals surface area (Å²) in [4.78, 5) is 25.7. The van der Waals surface area contributed by atoms with Crippen molar-refractivity contribution in [3.8, 4) is 11.5 Å². The molecule has 32 heavy (non-hydrogen) atoms. The van der Waals surface area contributed by atoms with Crippen molar-refractivity contribution < 1.29 is 14.3 Å². The topological polar surface area (TPSA) is 93.8 Å². The summed E-state index contributed by atoms with van der Waals surface area (Å²) in [6.45, 7) is 8.29. The molecule has 1 atom stereocenters. The lowest BCUT2D eigenvalue weighted by molar-refractivity contribution is -0.134. The maximum absolute atomic E-state index is 12.5. The summed E-state index contributed by atoms with van der Waals surface area (Å²) >= 11 is 0. The third kappa shape index (κ3) is 4.85. The molecule has 2 aromatic heterocycles. The van der Waals surface area contributed by atoms with Gasteiger partial charge in [-0.25, -0.2) is 4.98 Å². The minimum absolute atomic E-state index is 0.0729. The van der Waals surface area contributed by atoms with Crippen LogP contribution in [0.15, 0.2) is 31.0 Å². The number of pyridine rings is 2. The molecular formula is C24H31N5O3. The number of nitrogens with zero attached hydrogens (tertiary/aromatic N) is 4. The Labute approximate surface area is 189 Å². The van der Waals surface area contributed by atoms with Crippen molar-refractivity contribution >= 4 is 23.5 Å². The van der Waals surface area contributed by atoms with Crippen molar-refractivity contribution in [2.24, 2.45) is 0 Å². The number of rotatable bonds is 8. The van der Waals surface area contributed by atoms with Crippen LogP contribution in [0.1, 0.15) is 43.5 Å². The van der Waals surface area contributed by atoms with E-state index in [2.05, 4.69) is 23.4 Å². The first kappa shape index (κ1) is 22.1. The summed E-state index contributed by atoms with van der Waals surface area (Å²) in [6.07, 6.45) is 5.98. The number of anilines is 2. The van der Waals surface area contributed by atoms with Crippen LogP contribution in [-0.2, 0) is 9.53 Å². The van der Waals surface area contributed by atoms with Crippen molar-refractivity contribution in [2.45, 2.75) is 38.1 Å². The number of methoxy groups -OCH3 is 1. The van der Waals surface area contributed by atoms with Crippen LogP contribution in [-0.4, -0.2) is 60.2 Å². The van der Waals surface area contributed by atoms with Crippen molar-refractivity contribution in [2.75, 3.05) is 44.0 Å². The zero-order valence-electron chi connectivity index (χ0n) is 18.8. The van der Waals surface area contributed by atoms with Crippen LogP contribution < -0.4 is 15.4 Å². The predicted molar refractivity (Wildman–Crippen MR) is 125 cm³/mol. The molecule has 2 fully saturated rings. The summed E-state index contributed by atoms with van der Waals surface area (Å²) < 4.78 is 11.2. The Balaban J connectivity index is 1.53. The van der Waals surface area contributed by atoms with Gasteiger partial charge in [-0.2, -0.15) is 0 Å². The van der Waals surface area contributed by atoms with E-state index in [4.69, 9.17) is 20.2 Å². The number of piperazine rings is 1. The van der Waals surface area contributed by atoms with Gasteiger partial charge in [0.1, 0.15) is 5.75 Å². The molecule has 8 nitrogen and oxygen atoms in total. The first-order valence-electron chi connectivity index (χ1n) is 11.1. The molecule has 1 amide bonds. The highest BCUT2D eigenvalue weighted by Crippen LogP contribution is 2.46. The van der Waals surface area contributed by atoms with Gasteiger partial charge in [0, 0.05) is 57.0 Å². The molecule has 2 aromatic rings. The van der Waals surface area contributed by atoms with E-state index in [-0.39, 0.29) is 11.9 Å².